The van der Waals surface area contributed by atoms with Gasteiger partial charge in [-0.1, -0.05) is 15.9 Å². The normalized spacial score (nSPS) is 11.0. The molecule has 2 nitrogen and oxygen atoms in total. The molecule has 0 aliphatic rings. The van der Waals surface area contributed by atoms with Gasteiger partial charge in [-0.2, -0.15) is 18.4 Å². The van der Waals surface area contributed by atoms with Crippen molar-refractivity contribution >= 4 is 15.9 Å². The number of hydrogen-bond acceptors (Lipinski definition) is 2. The minimum absolute atomic E-state index is 0.0896. The fraction of sp³-hybridized carbons (Fsp3) is 0.300. The second kappa shape index (κ2) is 4.74. The minimum atomic E-state index is -4.49. The lowest BCUT2D eigenvalue weighted by molar-refractivity contribution is -0.138. The van der Waals surface area contributed by atoms with E-state index in [4.69, 9.17) is 5.26 Å². The van der Waals surface area contributed by atoms with Gasteiger partial charge < -0.3 is 4.74 Å². The molecule has 0 aliphatic carbocycles. The maximum atomic E-state index is 12.6. The Balaban J connectivity index is 3.36. The third-order valence-electron chi connectivity index (χ3n) is 1.94. The van der Waals surface area contributed by atoms with Gasteiger partial charge in [0.15, 0.2) is 0 Å². The summed E-state index contributed by atoms with van der Waals surface area (Å²) < 4.78 is 42.9. The summed E-state index contributed by atoms with van der Waals surface area (Å²) in [6, 6.07) is 3.94. The standard InChI is InChI=1S/C10H7BrF3NO/c1-16-9-5-8(11)6(2-3-15)4-7(9)10(12,13)14/h4-5H,2H2,1H3. The van der Waals surface area contributed by atoms with Crippen LogP contribution in [0, 0.1) is 11.3 Å². The van der Waals surface area contributed by atoms with Crippen molar-refractivity contribution in [2.75, 3.05) is 7.11 Å². The van der Waals surface area contributed by atoms with E-state index in [1.807, 2.05) is 0 Å². The van der Waals surface area contributed by atoms with Crippen LogP contribution in [0.4, 0.5) is 13.2 Å². The zero-order chi connectivity index (χ0) is 12.3. The van der Waals surface area contributed by atoms with Crippen molar-refractivity contribution in [2.24, 2.45) is 0 Å². The maximum Gasteiger partial charge on any atom is 0.419 e. The molecule has 0 spiro atoms. The second-order valence-corrected chi connectivity index (χ2v) is 3.83. The molecular weight excluding hydrogens is 287 g/mol. The Labute approximate surface area is 98.8 Å². The summed E-state index contributed by atoms with van der Waals surface area (Å²) in [4.78, 5) is 0. The number of nitriles is 1. The SMILES string of the molecule is COc1cc(Br)c(CC#N)cc1C(F)(F)F. The fourth-order valence-electron chi connectivity index (χ4n) is 1.21. The largest absolute Gasteiger partial charge is 0.496 e. The maximum absolute atomic E-state index is 12.6. The molecule has 0 aromatic heterocycles. The number of methoxy groups -OCH3 is 1. The smallest absolute Gasteiger partial charge is 0.419 e. The summed E-state index contributed by atoms with van der Waals surface area (Å²) in [5, 5.41) is 8.48. The van der Waals surface area contributed by atoms with Crippen molar-refractivity contribution in [3.8, 4) is 11.8 Å². The van der Waals surface area contributed by atoms with E-state index >= 15 is 0 Å². The molecule has 0 saturated heterocycles. The molecule has 86 valence electrons. The van der Waals surface area contributed by atoms with Gasteiger partial charge in [-0.25, -0.2) is 0 Å². The van der Waals surface area contributed by atoms with Gasteiger partial charge in [0.25, 0.3) is 0 Å². The highest BCUT2D eigenvalue weighted by molar-refractivity contribution is 9.10. The van der Waals surface area contributed by atoms with Crippen LogP contribution in [0.3, 0.4) is 0 Å². The molecule has 0 aliphatic heterocycles. The van der Waals surface area contributed by atoms with Gasteiger partial charge in [0.05, 0.1) is 25.2 Å². The van der Waals surface area contributed by atoms with Crippen molar-refractivity contribution in [2.45, 2.75) is 12.6 Å². The highest BCUT2D eigenvalue weighted by atomic mass is 79.9. The second-order valence-electron chi connectivity index (χ2n) is 2.98. The van der Waals surface area contributed by atoms with Gasteiger partial charge in [-0.05, 0) is 17.7 Å². The molecule has 0 bridgehead atoms. The Hall–Kier alpha value is -1.22. The first-order valence-electron chi connectivity index (χ1n) is 4.20. The summed E-state index contributed by atoms with van der Waals surface area (Å²) in [5.41, 5.74) is -0.584. The first kappa shape index (κ1) is 12.8. The van der Waals surface area contributed by atoms with Crippen LogP contribution in [-0.4, -0.2) is 7.11 Å². The third kappa shape index (κ3) is 2.67. The molecule has 0 N–H and O–H groups in total. The molecule has 1 rings (SSSR count). The highest BCUT2D eigenvalue weighted by Gasteiger charge is 2.35. The third-order valence-corrected chi connectivity index (χ3v) is 2.68. The van der Waals surface area contributed by atoms with Crippen LogP contribution in [0.5, 0.6) is 5.75 Å². The van der Waals surface area contributed by atoms with Crippen molar-refractivity contribution in [3.63, 3.8) is 0 Å². The average molecular weight is 294 g/mol. The number of halogens is 4. The predicted octanol–water partition coefficient (Wildman–Crippen LogP) is 3.54. The summed E-state index contributed by atoms with van der Waals surface area (Å²) in [6.45, 7) is 0. The van der Waals surface area contributed by atoms with Crippen LogP contribution in [0.1, 0.15) is 11.1 Å². The van der Waals surface area contributed by atoms with E-state index in [1.165, 1.54) is 13.2 Å². The summed E-state index contributed by atoms with van der Waals surface area (Å²) >= 11 is 3.09. The zero-order valence-electron chi connectivity index (χ0n) is 8.23. The Morgan fingerprint density at radius 2 is 2.06 bits per heavy atom. The van der Waals surface area contributed by atoms with E-state index in [9.17, 15) is 13.2 Å². The first-order chi connectivity index (χ1) is 7.40. The average Bonchev–Trinajstić information content (AvgIpc) is 2.19. The van der Waals surface area contributed by atoms with Gasteiger partial charge in [0, 0.05) is 4.47 Å². The fourth-order valence-corrected chi connectivity index (χ4v) is 1.67. The molecule has 0 atom stereocenters. The van der Waals surface area contributed by atoms with E-state index in [0.29, 0.717) is 4.47 Å². The number of hydrogen-bond donors (Lipinski definition) is 0. The van der Waals surface area contributed by atoms with Gasteiger partial charge in [0.1, 0.15) is 5.75 Å². The van der Waals surface area contributed by atoms with Crippen LogP contribution < -0.4 is 4.74 Å². The highest BCUT2D eigenvalue weighted by Crippen LogP contribution is 2.39. The molecule has 0 radical (unpaired) electrons. The van der Waals surface area contributed by atoms with Crippen molar-refractivity contribution < 1.29 is 17.9 Å². The first-order valence-corrected chi connectivity index (χ1v) is 5.00. The number of alkyl halides is 3. The Morgan fingerprint density at radius 3 is 2.50 bits per heavy atom. The van der Waals surface area contributed by atoms with E-state index in [-0.39, 0.29) is 17.7 Å². The molecule has 0 amide bonds. The summed E-state index contributed by atoms with van der Waals surface area (Å²) in [5.74, 6) is -0.263. The molecule has 6 heteroatoms. The van der Waals surface area contributed by atoms with Crippen LogP contribution in [0.2, 0.25) is 0 Å². The van der Waals surface area contributed by atoms with Gasteiger partial charge in [0.2, 0.25) is 0 Å². The van der Waals surface area contributed by atoms with E-state index in [1.54, 1.807) is 6.07 Å². The Morgan fingerprint density at radius 1 is 1.44 bits per heavy atom. The zero-order valence-corrected chi connectivity index (χ0v) is 9.82. The van der Waals surface area contributed by atoms with Gasteiger partial charge >= 0.3 is 6.18 Å². The number of ether oxygens (including phenoxy) is 1. The van der Waals surface area contributed by atoms with E-state index in [0.717, 1.165) is 6.07 Å². The Bertz CT molecular complexity index is 437. The van der Waals surface area contributed by atoms with E-state index in [2.05, 4.69) is 20.7 Å². The lowest BCUT2D eigenvalue weighted by Gasteiger charge is -2.14. The van der Waals surface area contributed by atoms with Crippen LogP contribution in [0.15, 0.2) is 16.6 Å². The topological polar surface area (TPSA) is 33.0 Å². The molecule has 1 aromatic rings. The molecule has 0 unspecified atom stereocenters. The molecule has 1 aromatic carbocycles. The van der Waals surface area contributed by atoms with Gasteiger partial charge in [-0.3, -0.25) is 0 Å². The molecule has 0 saturated carbocycles. The van der Waals surface area contributed by atoms with E-state index < -0.39 is 11.7 Å². The number of benzene rings is 1. The molecule has 0 fully saturated rings. The number of nitrogens with zero attached hydrogens (tertiary/aromatic N) is 1. The molecule has 16 heavy (non-hydrogen) atoms. The van der Waals surface area contributed by atoms with Crippen molar-refractivity contribution in [3.05, 3.63) is 27.7 Å². The van der Waals surface area contributed by atoms with Crippen molar-refractivity contribution in [1.82, 2.24) is 0 Å². The molecular formula is C10H7BrF3NO. The summed E-state index contributed by atoms with van der Waals surface area (Å²) in [6.07, 6.45) is -4.58. The monoisotopic (exact) mass is 293 g/mol. The van der Waals surface area contributed by atoms with Crippen LogP contribution in [-0.2, 0) is 12.6 Å². The lowest BCUT2D eigenvalue weighted by Crippen LogP contribution is -2.08. The quantitative estimate of drug-likeness (QED) is 0.835. The summed E-state index contributed by atoms with van der Waals surface area (Å²) in [7, 11) is 1.17. The van der Waals surface area contributed by atoms with Crippen LogP contribution in [0.25, 0.3) is 0 Å². The lowest BCUT2D eigenvalue weighted by atomic mass is 10.1. The predicted molar refractivity (Wildman–Crippen MR) is 55.0 cm³/mol. The minimum Gasteiger partial charge on any atom is -0.496 e. The van der Waals surface area contributed by atoms with Crippen molar-refractivity contribution in [1.29, 1.82) is 5.26 Å². The van der Waals surface area contributed by atoms with Crippen LogP contribution >= 0.6 is 15.9 Å². The van der Waals surface area contributed by atoms with Gasteiger partial charge in [-0.15, -0.1) is 0 Å². The Kier molecular flexibility index (Phi) is 3.81. The molecule has 0 heterocycles. The number of rotatable bonds is 2.